The Bertz CT molecular complexity index is 1020. The molecule has 0 N–H and O–H groups in total. The molecular weight excluding hydrogens is 333 g/mol. The van der Waals surface area contributed by atoms with Crippen molar-refractivity contribution in [2.75, 3.05) is 7.11 Å². The predicted octanol–water partition coefficient (Wildman–Crippen LogP) is 4.94. The molecule has 5 heteroatoms. The minimum atomic E-state index is -0.570. The number of carbonyl (C=O) groups is 2. The molecule has 0 spiro atoms. The minimum Gasteiger partial charge on any atom is -0.465 e. The lowest BCUT2D eigenvalue weighted by Crippen LogP contribution is -2.04. The Labute approximate surface area is 151 Å². The molecule has 1 heterocycles. The lowest BCUT2D eigenvalue weighted by Gasteiger charge is -2.13. The number of aryl methyl sites for hydroxylation is 1. The van der Waals surface area contributed by atoms with Crippen LogP contribution in [0.15, 0.2) is 36.5 Å². The lowest BCUT2D eigenvalue weighted by atomic mass is 9.97. The van der Waals surface area contributed by atoms with Crippen molar-refractivity contribution in [1.82, 2.24) is 4.57 Å². The molecule has 0 unspecified atom stereocenters. The summed E-state index contributed by atoms with van der Waals surface area (Å²) >= 11 is 0. The molecule has 26 heavy (non-hydrogen) atoms. The fourth-order valence-corrected chi connectivity index (χ4v) is 3.27. The zero-order valence-electron chi connectivity index (χ0n) is 15.2. The van der Waals surface area contributed by atoms with Crippen LogP contribution < -0.4 is 0 Å². The molecule has 0 bridgehead atoms. The molecule has 4 nitrogen and oxygen atoms in total. The third-order valence-electron chi connectivity index (χ3n) is 4.54. The van der Waals surface area contributed by atoms with Gasteiger partial charge < -0.3 is 9.30 Å². The monoisotopic (exact) mass is 353 g/mol. The van der Waals surface area contributed by atoms with Crippen LogP contribution in [0.4, 0.5) is 4.39 Å². The number of rotatable bonds is 4. The molecule has 0 fully saturated rings. The molecule has 0 amide bonds. The molecule has 3 rings (SSSR count). The summed E-state index contributed by atoms with van der Waals surface area (Å²) in [6, 6.07) is 8.23. The van der Waals surface area contributed by atoms with Gasteiger partial charge in [0.15, 0.2) is 6.29 Å². The van der Waals surface area contributed by atoms with Crippen LogP contribution in [0, 0.1) is 12.7 Å². The van der Waals surface area contributed by atoms with E-state index < -0.39 is 11.8 Å². The third kappa shape index (κ3) is 2.90. The second-order valence-corrected chi connectivity index (χ2v) is 6.58. The Balaban J connectivity index is 2.35. The van der Waals surface area contributed by atoms with Gasteiger partial charge in [-0.3, -0.25) is 4.79 Å². The van der Waals surface area contributed by atoms with Gasteiger partial charge in [0.2, 0.25) is 0 Å². The van der Waals surface area contributed by atoms with Gasteiger partial charge in [-0.25, -0.2) is 9.18 Å². The number of hydrogen-bond acceptors (Lipinski definition) is 3. The van der Waals surface area contributed by atoms with Crippen LogP contribution in [0.3, 0.4) is 0 Å². The average molecular weight is 353 g/mol. The molecule has 2 aromatic carbocycles. The van der Waals surface area contributed by atoms with Crippen LogP contribution in [0.5, 0.6) is 0 Å². The molecule has 0 atom stereocenters. The third-order valence-corrected chi connectivity index (χ3v) is 4.54. The molecular formula is C21H20FNO3. The van der Waals surface area contributed by atoms with Crippen molar-refractivity contribution in [1.29, 1.82) is 0 Å². The van der Waals surface area contributed by atoms with Crippen molar-refractivity contribution in [3.05, 3.63) is 59.0 Å². The van der Waals surface area contributed by atoms with E-state index in [1.807, 2.05) is 19.2 Å². The van der Waals surface area contributed by atoms with E-state index in [1.165, 1.54) is 19.2 Å². The zero-order valence-corrected chi connectivity index (χ0v) is 15.2. The van der Waals surface area contributed by atoms with Gasteiger partial charge in [0.05, 0.1) is 18.2 Å². The van der Waals surface area contributed by atoms with Crippen LogP contribution in [-0.2, 0) is 4.74 Å². The summed E-state index contributed by atoms with van der Waals surface area (Å²) < 4.78 is 20.7. The highest BCUT2D eigenvalue weighted by atomic mass is 19.1. The van der Waals surface area contributed by atoms with Gasteiger partial charge in [0, 0.05) is 23.1 Å². The van der Waals surface area contributed by atoms with Gasteiger partial charge in [-0.05, 0) is 61.7 Å². The van der Waals surface area contributed by atoms with E-state index in [4.69, 9.17) is 4.74 Å². The first-order chi connectivity index (χ1) is 12.4. The number of esters is 1. The van der Waals surface area contributed by atoms with Gasteiger partial charge in [0.1, 0.15) is 5.82 Å². The summed E-state index contributed by atoms with van der Waals surface area (Å²) in [6.45, 7) is 6.08. The van der Waals surface area contributed by atoms with Crippen LogP contribution in [-0.4, -0.2) is 23.9 Å². The number of benzene rings is 2. The molecule has 0 aliphatic rings. The second-order valence-electron chi connectivity index (χ2n) is 6.58. The van der Waals surface area contributed by atoms with Crippen molar-refractivity contribution in [2.45, 2.75) is 26.8 Å². The Morgan fingerprint density at radius 2 is 1.92 bits per heavy atom. The van der Waals surface area contributed by atoms with Gasteiger partial charge in [-0.1, -0.05) is 6.07 Å². The number of halogens is 1. The topological polar surface area (TPSA) is 48.3 Å². The van der Waals surface area contributed by atoms with Crippen LogP contribution >= 0.6 is 0 Å². The van der Waals surface area contributed by atoms with E-state index in [9.17, 15) is 14.0 Å². The predicted molar refractivity (Wildman–Crippen MR) is 99.2 cm³/mol. The SMILES string of the molecule is COC(=O)c1cc(-c2ccc(F)c(C=O)c2)cc2c1c(C)cn2C(C)C. The van der Waals surface area contributed by atoms with Crippen molar-refractivity contribution in [3.63, 3.8) is 0 Å². The lowest BCUT2D eigenvalue weighted by molar-refractivity contribution is 0.0603. The normalized spacial score (nSPS) is 11.2. The number of aldehydes is 1. The van der Waals surface area contributed by atoms with Crippen molar-refractivity contribution >= 4 is 23.2 Å². The van der Waals surface area contributed by atoms with E-state index in [0.717, 1.165) is 22.0 Å². The quantitative estimate of drug-likeness (QED) is 0.493. The maximum Gasteiger partial charge on any atom is 0.338 e. The van der Waals surface area contributed by atoms with Gasteiger partial charge in [-0.2, -0.15) is 0 Å². The second kappa shape index (κ2) is 6.75. The summed E-state index contributed by atoms with van der Waals surface area (Å²) in [5, 5.41) is 0.840. The molecule has 0 radical (unpaired) electrons. The fraction of sp³-hybridized carbons (Fsp3) is 0.238. The Morgan fingerprint density at radius 3 is 2.54 bits per heavy atom. The Hall–Kier alpha value is -2.95. The summed E-state index contributed by atoms with van der Waals surface area (Å²) in [7, 11) is 1.35. The summed E-state index contributed by atoms with van der Waals surface area (Å²) in [6.07, 6.45) is 2.49. The molecule has 0 aliphatic carbocycles. The number of ether oxygens (including phenoxy) is 1. The number of carbonyl (C=O) groups excluding carboxylic acids is 2. The first-order valence-electron chi connectivity index (χ1n) is 8.36. The Morgan fingerprint density at radius 1 is 1.19 bits per heavy atom. The first-order valence-corrected chi connectivity index (χ1v) is 8.36. The van der Waals surface area contributed by atoms with E-state index in [0.29, 0.717) is 17.4 Å². The summed E-state index contributed by atoms with van der Waals surface area (Å²) in [5.74, 6) is -1.00. The molecule has 134 valence electrons. The first kappa shape index (κ1) is 17.9. The van der Waals surface area contributed by atoms with Crippen LogP contribution in [0.2, 0.25) is 0 Å². The van der Waals surface area contributed by atoms with Gasteiger partial charge in [0.25, 0.3) is 0 Å². The van der Waals surface area contributed by atoms with E-state index in [1.54, 1.807) is 12.1 Å². The smallest absolute Gasteiger partial charge is 0.338 e. The molecule has 3 aromatic rings. The molecule has 0 saturated heterocycles. The van der Waals surface area contributed by atoms with Crippen molar-refractivity contribution < 1.29 is 18.7 Å². The highest BCUT2D eigenvalue weighted by Crippen LogP contribution is 2.33. The number of methoxy groups -OCH3 is 1. The van der Waals surface area contributed by atoms with E-state index >= 15 is 0 Å². The maximum absolute atomic E-state index is 13.7. The molecule has 0 aliphatic heterocycles. The number of aromatic nitrogens is 1. The standard InChI is InChI=1S/C21H20FNO3/c1-12(2)23-10-13(3)20-17(21(25)26-4)8-15(9-19(20)23)14-5-6-18(22)16(7-14)11-24/h5-12H,1-4H3. The number of hydrogen-bond donors (Lipinski definition) is 0. The Kier molecular flexibility index (Phi) is 4.64. The van der Waals surface area contributed by atoms with Crippen molar-refractivity contribution in [3.8, 4) is 11.1 Å². The largest absolute Gasteiger partial charge is 0.465 e. The number of nitrogens with zero attached hydrogens (tertiary/aromatic N) is 1. The zero-order chi connectivity index (χ0) is 19.0. The van der Waals surface area contributed by atoms with Crippen molar-refractivity contribution in [2.24, 2.45) is 0 Å². The van der Waals surface area contributed by atoms with Crippen LogP contribution in [0.1, 0.15) is 46.2 Å². The summed E-state index contributed by atoms with van der Waals surface area (Å²) in [5.41, 5.74) is 3.70. The minimum absolute atomic E-state index is 0.0161. The summed E-state index contributed by atoms with van der Waals surface area (Å²) in [4.78, 5) is 23.4. The maximum atomic E-state index is 13.7. The van der Waals surface area contributed by atoms with Gasteiger partial charge >= 0.3 is 5.97 Å². The highest BCUT2D eigenvalue weighted by Gasteiger charge is 2.19. The highest BCUT2D eigenvalue weighted by molar-refractivity contribution is 6.07. The van der Waals surface area contributed by atoms with Gasteiger partial charge in [-0.15, -0.1) is 0 Å². The van der Waals surface area contributed by atoms with Crippen LogP contribution in [0.25, 0.3) is 22.0 Å². The van der Waals surface area contributed by atoms with E-state index in [2.05, 4.69) is 18.4 Å². The fourth-order valence-electron chi connectivity index (χ4n) is 3.27. The van der Waals surface area contributed by atoms with E-state index in [-0.39, 0.29) is 11.6 Å². The number of fused-ring (bicyclic) bond motifs is 1. The molecule has 1 aromatic heterocycles. The average Bonchev–Trinajstić information content (AvgIpc) is 2.97. The molecule has 0 saturated carbocycles.